The first-order chi connectivity index (χ1) is 8.19. The first-order valence-corrected chi connectivity index (χ1v) is 6.53. The number of nitrogens with zero attached hydrogens (tertiary/aromatic N) is 3. The molecule has 1 fully saturated rings. The molecule has 1 unspecified atom stereocenters. The highest BCUT2D eigenvalue weighted by Gasteiger charge is 2.23. The number of imidazole rings is 1. The average molecular weight is 237 g/mol. The maximum Gasteiger partial charge on any atom is 0.0949 e. The fourth-order valence-corrected chi connectivity index (χ4v) is 2.17. The van der Waals surface area contributed by atoms with Crippen LogP contribution in [0.1, 0.15) is 26.5 Å². The molecule has 1 aliphatic heterocycles. The van der Waals surface area contributed by atoms with Crippen LogP contribution in [0.15, 0.2) is 12.5 Å². The third kappa shape index (κ3) is 3.30. The van der Waals surface area contributed by atoms with Crippen LogP contribution >= 0.6 is 0 Å². The van der Waals surface area contributed by atoms with Gasteiger partial charge in [0.15, 0.2) is 0 Å². The van der Waals surface area contributed by atoms with Gasteiger partial charge in [-0.15, -0.1) is 0 Å². The van der Waals surface area contributed by atoms with Crippen molar-refractivity contribution in [2.24, 2.45) is 5.92 Å². The van der Waals surface area contributed by atoms with Crippen molar-refractivity contribution in [2.45, 2.75) is 40.0 Å². The highest BCUT2D eigenvalue weighted by Crippen LogP contribution is 2.15. The van der Waals surface area contributed by atoms with E-state index in [1.165, 1.54) is 0 Å². The van der Waals surface area contributed by atoms with Crippen molar-refractivity contribution in [1.29, 1.82) is 0 Å². The predicted molar refractivity (Wildman–Crippen MR) is 67.8 cm³/mol. The van der Waals surface area contributed by atoms with Crippen LogP contribution in [0.3, 0.4) is 0 Å². The van der Waals surface area contributed by atoms with Crippen LogP contribution in [-0.4, -0.2) is 40.3 Å². The Bertz CT molecular complexity index is 348. The van der Waals surface area contributed by atoms with E-state index in [-0.39, 0.29) is 0 Å². The molecule has 0 N–H and O–H groups in total. The number of aryl methyl sites for hydroxylation is 1. The zero-order valence-electron chi connectivity index (χ0n) is 11.1. The molecule has 1 saturated heterocycles. The maximum absolute atomic E-state index is 5.77. The Hall–Kier alpha value is -0.870. The summed E-state index contributed by atoms with van der Waals surface area (Å²) < 4.78 is 7.89. The second-order valence-electron chi connectivity index (χ2n) is 5.08. The number of ether oxygens (including phenoxy) is 1. The van der Waals surface area contributed by atoms with Crippen LogP contribution in [0, 0.1) is 5.92 Å². The summed E-state index contributed by atoms with van der Waals surface area (Å²) in [5, 5.41) is 0. The molecule has 0 radical (unpaired) electrons. The van der Waals surface area contributed by atoms with E-state index >= 15 is 0 Å². The first kappa shape index (κ1) is 12.6. The van der Waals surface area contributed by atoms with Gasteiger partial charge in [0.2, 0.25) is 0 Å². The normalized spacial score (nSPS) is 22.2. The zero-order chi connectivity index (χ0) is 12.3. The third-order valence-corrected chi connectivity index (χ3v) is 3.36. The Morgan fingerprint density at radius 1 is 1.53 bits per heavy atom. The van der Waals surface area contributed by atoms with Crippen molar-refractivity contribution in [3.05, 3.63) is 18.2 Å². The molecule has 17 heavy (non-hydrogen) atoms. The van der Waals surface area contributed by atoms with Gasteiger partial charge < -0.3 is 9.30 Å². The van der Waals surface area contributed by atoms with E-state index in [9.17, 15) is 0 Å². The van der Waals surface area contributed by atoms with Gasteiger partial charge in [0.05, 0.1) is 24.7 Å². The van der Waals surface area contributed by atoms with Gasteiger partial charge in [-0.05, 0) is 12.8 Å². The molecular formula is C13H23N3O. The Balaban J connectivity index is 1.90. The lowest BCUT2D eigenvalue weighted by Gasteiger charge is -2.34. The van der Waals surface area contributed by atoms with Gasteiger partial charge in [-0.1, -0.05) is 13.8 Å². The molecule has 2 heterocycles. The molecule has 0 spiro atoms. The summed E-state index contributed by atoms with van der Waals surface area (Å²) in [6.45, 7) is 11.4. The van der Waals surface area contributed by atoms with E-state index < -0.39 is 0 Å². The van der Waals surface area contributed by atoms with Crippen LogP contribution in [0.5, 0.6) is 0 Å². The zero-order valence-corrected chi connectivity index (χ0v) is 11.1. The number of hydrogen-bond acceptors (Lipinski definition) is 3. The molecule has 4 heteroatoms. The topological polar surface area (TPSA) is 30.3 Å². The van der Waals surface area contributed by atoms with Gasteiger partial charge in [-0.3, -0.25) is 4.90 Å². The van der Waals surface area contributed by atoms with E-state index in [4.69, 9.17) is 4.74 Å². The van der Waals surface area contributed by atoms with Gasteiger partial charge >= 0.3 is 0 Å². The molecule has 0 amide bonds. The second kappa shape index (κ2) is 5.65. The van der Waals surface area contributed by atoms with Crippen molar-refractivity contribution >= 4 is 0 Å². The Morgan fingerprint density at radius 3 is 3.00 bits per heavy atom. The van der Waals surface area contributed by atoms with E-state index in [1.54, 1.807) is 0 Å². The minimum absolute atomic E-state index is 0.372. The molecule has 0 bridgehead atoms. The molecule has 0 aromatic carbocycles. The fraction of sp³-hybridized carbons (Fsp3) is 0.769. The summed E-state index contributed by atoms with van der Waals surface area (Å²) in [7, 11) is 0. The molecule has 1 aliphatic rings. The van der Waals surface area contributed by atoms with E-state index in [2.05, 4.69) is 41.4 Å². The van der Waals surface area contributed by atoms with E-state index in [0.29, 0.717) is 12.0 Å². The minimum Gasteiger partial charge on any atom is -0.375 e. The molecule has 96 valence electrons. The van der Waals surface area contributed by atoms with Crippen LogP contribution in [0.25, 0.3) is 0 Å². The van der Waals surface area contributed by atoms with Gasteiger partial charge in [-0.25, -0.2) is 4.98 Å². The molecule has 1 aromatic heterocycles. The van der Waals surface area contributed by atoms with Crippen LogP contribution in [0.4, 0.5) is 0 Å². The van der Waals surface area contributed by atoms with Gasteiger partial charge in [0.25, 0.3) is 0 Å². The second-order valence-corrected chi connectivity index (χ2v) is 5.08. The summed E-state index contributed by atoms with van der Waals surface area (Å²) in [5.41, 5.74) is 1.16. The van der Waals surface area contributed by atoms with E-state index in [1.807, 2.05) is 6.33 Å². The average Bonchev–Trinajstić information content (AvgIpc) is 2.77. The van der Waals surface area contributed by atoms with Gasteiger partial charge in [0, 0.05) is 32.4 Å². The highest BCUT2D eigenvalue weighted by molar-refractivity contribution is 4.97. The minimum atomic E-state index is 0.372. The van der Waals surface area contributed by atoms with Crippen LogP contribution < -0.4 is 0 Å². The standard InChI is InChI=1S/C13H23N3O/c1-4-15-7-12(14-10-15)8-16-5-6-17-13(9-16)11(2)3/h7,10-11,13H,4-6,8-9H2,1-3H3. The summed E-state index contributed by atoms with van der Waals surface area (Å²) in [6, 6.07) is 0. The van der Waals surface area contributed by atoms with Gasteiger partial charge in [-0.2, -0.15) is 0 Å². The van der Waals surface area contributed by atoms with Crippen LogP contribution in [0.2, 0.25) is 0 Å². The van der Waals surface area contributed by atoms with Crippen molar-refractivity contribution in [3.8, 4) is 0 Å². The van der Waals surface area contributed by atoms with Crippen molar-refractivity contribution < 1.29 is 4.74 Å². The Labute approximate surface area is 104 Å². The summed E-state index contributed by atoms with van der Waals surface area (Å²) in [6.07, 6.45) is 4.42. The quantitative estimate of drug-likeness (QED) is 0.799. The van der Waals surface area contributed by atoms with Crippen molar-refractivity contribution in [3.63, 3.8) is 0 Å². The lowest BCUT2D eigenvalue weighted by molar-refractivity contribution is -0.0532. The lowest BCUT2D eigenvalue weighted by atomic mass is 10.1. The van der Waals surface area contributed by atoms with Gasteiger partial charge in [0.1, 0.15) is 0 Å². The molecular weight excluding hydrogens is 214 g/mol. The summed E-state index contributed by atoms with van der Waals surface area (Å²) in [5.74, 6) is 0.589. The fourth-order valence-electron chi connectivity index (χ4n) is 2.17. The van der Waals surface area contributed by atoms with Crippen LogP contribution in [-0.2, 0) is 17.8 Å². The number of hydrogen-bond donors (Lipinski definition) is 0. The molecule has 2 rings (SSSR count). The molecule has 1 aromatic rings. The number of aromatic nitrogens is 2. The third-order valence-electron chi connectivity index (χ3n) is 3.36. The monoisotopic (exact) mass is 237 g/mol. The summed E-state index contributed by atoms with van der Waals surface area (Å²) >= 11 is 0. The molecule has 0 aliphatic carbocycles. The molecule has 0 saturated carbocycles. The lowest BCUT2D eigenvalue weighted by Crippen LogP contribution is -2.44. The Morgan fingerprint density at radius 2 is 2.35 bits per heavy atom. The van der Waals surface area contributed by atoms with Crippen molar-refractivity contribution in [1.82, 2.24) is 14.5 Å². The SMILES string of the molecule is CCn1cnc(CN2CCOC(C(C)C)C2)c1. The van der Waals surface area contributed by atoms with Crippen molar-refractivity contribution in [2.75, 3.05) is 19.7 Å². The molecule has 1 atom stereocenters. The Kier molecular flexibility index (Phi) is 4.18. The number of morpholine rings is 1. The smallest absolute Gasteiger partial charge is 0.0949 e. The maximum atomic E-state index is 5.77. The first-order valence-electron chi connectivity index (χ1n) is 6.53. The van der Waals surface area contributed by atoms with E-state index in [0.717, 1.165) is 38.5 Å². The summed E-state index contributed by atoms with van der Waals surface area (Å²) in [4.78, 5) is 6.87. The largest absolute Gasteiger partial charge is 0.375 e. The number of rotatable bonds is 4. The molecule has 4 nitrogen and oxygen atoms in total. The highest BCUT2D eigenvalue weighted by atomic mass is 16.5. The predicted octanol–water partition coefficient (Wildman–Crippen LogP) is 1.76.